The van der Waals surface area contributed by atoms with Gasteiger partial charge in [-0.05, 0) is 67.4 Å². The Bertz CT molecular complexity index is 1160. The number of aromatic nitrogens is 3. The number of methoxy groups -OCH3 is 2. The molecular weight excluding hydrogens is 354 g/mol. The molecule has 2 N–H and O–H groups in total. The quantitative estimate of drug-likeness (QED) is 0.543. The lowest BCUT2D eigenvalue weighted by Gasteiger charge is -2.09. The van der Waals surface area contributed by atoms with Crippen molar-refractivity contribution in [3.63, 3.8) is 0 Å². The molecule has 4 rings (SSSR count). The molecular formula is C22H21N3O3. The van der Waals surface area contributed by atoms with Gasteiger partial charge in [0.2, 0.25) is 0 Å². The number of benzene rings is 2. The third-order valence-electron chi connectivity index (χ3n) is 4.88. The molecule has 0 amide bonds. The van der Waals surface area contributed by atoms with E-state index in [9.17, 15) is 5.11 Å². The summed E-state index contributed by atoms with van der Waals surface area (Å²) in [6.45, 7) is 3.77. The lowest BCUT2D eigenvalue weighted by molar-refractivity contribution is 0.355. The fourth-order valence-electron chi connectivity index (χ4n) is 3.37. The molecule has 0 saturated carbocycles. The summed E-state index contributed by atoms with van der Waals surface area (Å²) >= 11 is 0. The lowest BCUT2D eigenvalue weighted by atomic mass is 10.0. The third kappa shape index (κ3) is 2.93. The number of phenols is 1. The van der Waals surface area contributed by atoms with Gasteiger partial charge in [0.15, 0.2) is 17.1 Å². The van der Waals surface area contributed by atoms with Crippen molar-refractivity contribution in [1.82, 2.24) is 15.2 Å². The van der Waals surface area contributed by atoms with Crippen LogP contribution >= 0.6 is 0 Å². The van der Waals surface area contributed by atoms with Crippen LogP contribution in [0.4, 0.5) is 0 Å². The highest BCUT2D eigenvalue weighted by Crippen LogP contribution is 2.35. The van der Waals surface area contributed by atoms with E-state index in [0.29, 0.717) is 22.9 Å². The maximum Gasteiger partial charge on any atom is 0.182 e. The van der Waals surface area contributed by atoms with Gasteiger partial charge in [0, 0.05) is 16.5 Å². The minimum Gasteiger partial charge on any atom is -0.507 e. The number of rotatable bonds is 4. The third-order valence-corrected chi connectivity index (χ3v) is 4.88. The van der Waals surface area contributed by atoms with E-state index in [1.165, 1.54) is 0 Å². The van der Waals surface area contributed by atoms with Gasteiger partial charge in [-0.15, -0.1) is 0 Å². The van der Waals surface area contributed by atoms with Gasteiger partial charge in [-0.1, -0.05) is 0 Å². The van der Waals surface area contributed by atoms with Crippen LogP contribution in [-0.2, 0) is 0 Å². The van der Waals surface area contributed by atoms with E-state index < -0.39 is 0 Å². The highest BCUT2D eigenvalue weighted by molar-refractivity contribution is 5.92. The number of fused-ring (bicyclic) bond motifs is 1. The van der Waals surface area contributed by atoms with Gasteiger partial charge in [0.05, 0.1) is 25.6 Å². The first kappa shape index (κ1) is 17.9. The molecule has 6 heteroatoms. The van der Waals surface area contributed by atoms with E-state index in [1.54, 1.807) is 14.2 Å². The van der Waals surface area contributed by atoms with Crippen molar-refractivity contribution in [1.29, 1.82) is 0 Å². The van der Waals surface area contributed by atoms with Crippen LogP contribution in [0, 0.1) is 13.8 Å². The highest BCUT2D eigenvalue weighted by Gasteiger charge is 2.14. The number of ether oxygens (including phenoxy) is 2. The minimum atomic E-state index is 0.320. The number of aryl methyl sites for hydroxylation is 2. The first-order valence-electron chi connectivity index (χ1n) is 8.90. The van der Waals surface area contributed by atoms with E-state index in [0.717, 1.165) is 39.0 Å². The number of hydrogen-bond donors (Lipinski definition) is 2. The fourth-order valence-corrected chi connectivity index (χ4v) is 3.37. The number of pyridine rings is 1. The number of hydrogen-bond acceptors (Lipinski definition) is 5. The summed E-state index contributed by atoms with van der Waals surface area (Å²) in [6.07, 6.45) is 0. The molecule has 0 atom stereocenters. The van der Waals surface area contributed by atoms with Crippen molar-refractivity contribution < 1.29 is 14.6 Å². The topological polar surface area (TPSA) is 80.3 Å². The van der Waals surface area contributed by atoms with E-state index in [1.807, 2.05) is 56.3 Å². The number of aromatic amines is 1. The zero-order chi connectivity index (χ0) is 19.8. The van der Waals surface area contributed by atoms with Gasteiger partial charge in [0.25, 0.3) is 0 Å². The fraction of sp³-hybridized carbons (Fsp3) is 0.182. The molecule has 2 aromatic carbocycles. The van der Waals surface area contributed by atoms with Crippen LogP contribution in [0.25, 0.3) is 33.5 Å². The Hall–Kier alpha value is -3.54. The zero-order valence-electron chi connectivity index (χ0n) is 16.2. The van der Waals surface area contributed by atoms with E-state index >= 15 is 0 Å². The Morgan fingerprint density at radius 2 is 1.57 bits per heavy atom. The molecule has 0 aliphatic rings. The summed E-state index contributed by atoms with van der Waals surface area (Å²) in [5.41, 5.74) is 5.84. The average Bonchev–Trinajstić information content (AvgIpc) is 3.14. The van der Waals surface area contributed by atoms with Crippen LogP contribution in [0.2, 0.25) is 0 Å². The maximum absolute atomic E-state index is 10.0. The van der Waals surface area contributed by atoms with Gasteiger partial charge in [-0.2, -0.15) is 5.10 Å². The summed E-state index contributed by atoms with van der Waals surface area (Å²) in [6, 6.07) is 13.6. The molecule has 0 saturated heterocycles. The second-order valence-corrected chi connectivity index (χ2v) is 6.69. The molecule has 28 heavy (non-hydrogen) atoms. The van der Waals surface area contributed by atoms with Crippen LogP contribution in [0.5, 0.6) is 17.2 Å². The maximum atomic E-state index is 10.0. The normalized spacial score (nSPS) is 11.0. The Balaban J connectivity index is 1.79. The number of phenolic OH excluding ortho intramolecular Hbond substituents is 1. The number of nitrogens with zero attached hydrogens (tertiary/aromatic N) is 2. The predicted molar refractivity (Wildman–Crippen MR) is 109 cm³/mol. The van der Waals surface area contributed by atoms with Crippen molar-refractivity contribution in [3.05, 3.63) is 53.6 Å². The molecule has 0 bridgehead atoms. The van der Waals surface area contributed by atoms with Crippen molar-refractivity contribution >= 4 is 11.0 Å². The molecule has 4 aromatic rings. The van der Waals surface area contributed by atoms with E-state index in [4.69, 9.17) is 14.5 Å². The zero-order valence-corrected chi connectivity index (χ0v) is 16.2. The largest absolute Gasteiger partial charge is 0.507 e. The minimum absolute atomic E-state index is 0.320. The van der Waals surface area contributed by atoms with Gasteiger partial charge >= 0.3 is 0 Å². The molecule has 2 heterocycles. The van der Waals surface area contributed by atoms with Gasteiger partial charge < -0.3 is 14.6 Å². The monoisotopic (exact) mass is 375 g/mol. The Labute approximate surface area is 162 Å². The van der Waals surface area contributed by atoms with Crippen molar-refractivity contribution in [2.45, 2.75) is 13.8 Å². The summed E-state index contributed by atoms with van der Waals surface area (Å²) in [4.78, 5) is 4.70. The van der Waals surface area contributed by atoms with Crippen LogP contribution in [0.15, 0.2) is 42.5 Å². The second kappa shape index (κ2) is 6.88. The smallest absolute Gasteiger partial charge is 0.182 e. The summed E-state index contributed by atoms with van der Waals surface area (Å²) in [5.74, 6) is 1.65. The predicted octanol–water partition coefficient (Wildman–Crippen LogP) is 4.63. The van der Waals surface area contributed by atoms with E-state index in [-0.39, 0.29) is 0 Å². The van der Waals surface area contributed by atoms with Crippen LogP contribution < -0.4 is 9.47 Å². The van der Waals surface area contributed by atoms with Crippen molar-refractivity contribution in [2.24, 2.45) is 0 Å². The molecule has 0 aliphatic carbocycles. The van der Waals surface area contributed by atoms with Crippen molar-refractivity contribution in [2.75, 3.05) is 14.2 Å². The van der Waals surface area contributed by atoms with Crippen LogP contribution in [0.3, 0.4) is 0 Å². The van der Waals surface area contributed by atoms with Gasteiger partial charge in [-0.3, -0.25) is 5.10 Å². The number of nitrogens with one attached hydrogen (secondary N) is 1. The molecule has 0 spiro atoms. The Morgan fingerprint density at radius 1 is 0.857 bits per heavy atom. The summed E-state index contributed by atoms with van der Waals surface area (Å²) in [7, 11) is 3.23. The van der Waals surface area contributed by atoms with Gasteiger partial charge in [-0.25, -0.2) is 4.98 Å². The number of aromatic hydroxyl groups is 1. The molecule has 0 radical (unpaired) electrons. The first-order chi connectivity index (χ1) is 13.5. The average molecular weight is 375 g/mol. The first-order valence-corrected chi connectivity index (χ1v) is 8.90. The molecule has 0 aliphatic heterocycles. The summed E-state index contributed by atoms with van der Waals surface area (Å²) < 4.78 is 10.7. The molecule has 142 valence electrons. The highest BCUT2D eigenvalue weighted by atomic mass is 16.5. The standard InChI is InChI=1S/C22H21N3O3/c1-12-9-15(10-13(2)21(12)26)17-7-6-16-20(24-25-22(16)23-17)14-5-8-18(27-3)19(11-14)28-4/h5-11,26H,1-4H3,(H,23,24,25). The van der Waals surface area contributed by atoms with Crippen molar-refractivity contribution in [3.8, 4) is 39.8 Å². The van der Waals surface area contributed by atoms with E-state index in [2.05, 4.69) is 10.2 Å². The second-order valence-electron chi connectivity index (χ2n) is 6.69. The van der Waals surface area contributed by atoms with Crippen LogP contribution in [-0.4, -0.2) is 34.5 Å². The number of H-pyrrole nitrogens is 1. The lowest BCUT2D eigenvalue weighted by Crippen LogP contribution is -1.91. The summed E-state index contributed by atoms with van der Waals surface area (Å²) in [5, 5.41) is 18.4. The Morgan fingerprint density at radius 3 is 2.25 bits per heavy atom. The SMILES string of the molecule is COc1ccc(-c2[nH]nc3nc(-c4cc(C)c(O)c(C)c4)ccc23)cc1OC. The molecule has 6 nitrogen and oxygen atoms in total. The molecule has 0 fully saturated rings. The Kier molecular flexibility index (Phi) is 4.39. The molecule has 2 aromatic heterocycles. The van der Waals surface area contributed by atoms with Gasteiger partial charge in [0.1, 0.15) is 5.75 Å². The van der Waals surface area contributed by atoms with Crippen LogP contribution in [0.1, 0.15) is 11.1 Å². The molecule has 0 unspecified atom stereocenters.